The number of pyridine rings is 1. The molecule has 12 heteroatoms. The Morgan fingerprint density at radius 1 is 1.21 bits per heavy atom. The quantitative estimate of drug-likeness (QED) is 0.395. The van der Waals surface area contributed by atoms with Crippen molar-refractivity contribution in [2.45, 2.75) is 84.0 Å². The van der Waals surface area contributed by atoms with Crippen molar-refractivity contribution in [2.75, 3.05) is 11.9 Å². The number of piperidine rings is 1. The van der Waals surface area contributed by atoms with Gasteiger partial charge in [0.25, 0.3) is 0 Å². The highest BCUT2D eigenvalue weighted by molar-refractivity contribution is 7.18. The first-order chi connectivity index (χ1) is 18.1. The van der Waals surface area contributed by atoms with Gasteiger partial charge in [0.15, 0.2) is 5.82 Å². The zero-order valence-corrected chi connectivity index (χ0v) is 22.9. The average molecular weight is 545 g/mol. The van der Waals surface area contributed by atoms with E-state index < -0.39 is 17.5 Å². The summed E-state index contributed by atoms with van der Waals surface area (Å²) in [4.78, 5) is 45.5. The van der Waals surface area contributed by atoms with E-state index in [1.807, 2.05) is 20.8 Å². The van der Waals surface area contributed by atoms with Crippen LogP contribution in [-0.2, 0) is 27.2 Å². The number of aromatic nitrogens is 4. The molecular weight excluding hydrogens is 511 g/mol. The van der Waals surface area contributed by atoms with Gasteiger partial charge in [-0.1, -0.05) is 11.3 Å². The number of carbonyl (C=O) groups is 2. The molecular formula is C26H33FN6O4S. The molecule has 3 aromatic rings. The molecule has 4 heterocycles. The van der Waals surface area contributed by atoms with Gasteiger partial charge in [-0.3, -0.25) is 9.78 Å². The first-order valence-corrected chi connectivity index (χ1v) is 13.6. The second kappa shape index (κ2) is 12.0. The van der Waals surface area contributed by atoms with Crippen molar-refractivity contribution in [2.24, 2.45) is 0 Å². The number of fused-ring (bicyclic) bond motifs is 1. The molecule has 0 aromatic carbocycles. The fraction of sp³-hybridized carbons (Fsp3) is 0.538. The van der Waals surface area contributed by atoms with Gasteiger partial charge in [0.1, 0.15) is 28.1 Å². The van der Waals surface area contributed by atoms with E-state index >= 15 is 0 Å². The third-order valence-electron chi connectivity index (χ3n) is 6.08. The van der Waals surface area contributed by atoms with Crippen molar-refractivity contribution in [1.29, 1.82) is 0 Å². The second-order valence-corrected chi connectivity index (χ2v) is 11.2. The fourth-order valence-electron chi connectivity index (χ4n) is 4.52. The minimum absolute atomic E-state index is 0.118. The summed E-state index contributed by atoms with van der Waals surface area (Å²) in [6.07, 6.45) is 5.43. The Morgan fingerprint density at radius 3 is 2.74 bits per heavy atom. The largest absolute Gasteiger partial charge is 0.466 e. The predicted molar refractivity (Wildman–Crippen MR) is 141 cm³/mol. The molecule has 0 radical (unpaired) electrons. The highest BCUT2D eigenvalue weighted by atomic mass is 32.1. The summed E-state index contributed by atoms with van der Waals surface area (Å²) in [6, 6.07) is 2.38. The van der Waals surface area contributed by atoms with Gasteiger partial charge in [-0.25, -0.2) is 24.1 Å². The van der Waals surface area contributed by atoms with Crippen molar-refractivity contribution in [3.8, 4) is 0 Å². The molecule has 0 aliphatic carbocycles. The molecule has 1 aliphatic rings. The summed E-state index contributed by atoms with van der Waals surface area (Å²) < 4.78 is 24.9. The van der Waals surface area contributed by atoms with E-state index in [2.05, 4.69) is 20.3 Å². The highest BCUT2D eigenvalue weighted by Crippen LogP contribution is 2.32. The zero-order valence-electron chi connectivity index (χ0n) is 22.1. The van der Waals surface area contributed by atoms with Gasteiger partial charge in [-0.05, 0) is 59.1 Å². The van der Waals surface area contributed by atoms with Gasteiger partial charge in [0.05, 0.1) is 30.3 Å². The number of hydrogen-bond acceptors (Lipinski definition) is 10. The van der Waals surface area contributed by atoms with Gasteiger partial charge in [0, 0.05) is 24.7 Å². The van der Waals surface area contributed by atoms with E-state index in [1.165, 1.54) is 36.0 Å². The van der Waals surface area contributed by atoms with Gasteiger partial charge in [0.2, 0.25) is 0 Å². The van der Waals surface area contributed by atoms with Gasteiger partial charge >= 0.3 is 12.1 Å². The maximum Gasteiger partial charge on any atom is 0.410 e. The number of nitrogens with zero attached hydrogens (tertiary/aromatic N) is 5. The van der Waals surface area contributed by atoms with Crippen LogP contribution in [0.4, 0.5) is 15.0 Å². The topological polar surface area (TPSA) is 119 Å². The molecule has 1 fully saturated rings. The first kappa shape index (κ1) is 27.6. The number of hydrogen-bond donors (Lipinski definition) is 1. The SMILES string of the molecule is CCOC(=O)CC1CCCC(Cc2nc3c(NCc4ncccc4F)ncnc3s2)N1C(=O)OC(C)(C)C. The van der Waals surface area contributed by atoms with E-state index in [4.69, 9.17) is 14.5 Å². The second-order valence-electron chi connectivity index (χ2n) is 10.1. The molecule has 204 valence electrons. The minimum atomic E-state index is -0.674. The number of esters is 1. The maximum absolute atomic E-state index is 14.0. The molecule has 3 aromatic heterocycles. The molecule has 0 saturated carbocycles. The number of amides is 1. The van der Waals surface area contributed by atoms with E-state index in [0.29, 0.717) is 29.0 Å². The molecule has 1 amide bonds. The van der Waals surface area contributed by atoms with Crippen LogP contribution < -0.4 is 5.32 Å². The molecule has 1 N–H and O–H groups in total. The number of halogens is 1. The highest BCUT2D eigenvalue weighted by Gasteiger charge is 2.38. The lowest BCUT2D eigenvalue weighted by Crippen LogP contribution is -2.53. The Bertz CT molecular complexity index is 1280. The molecule has 1 saturated heterocycles. The van der Waals surface area contributed by atoms with Crippen molar-refractivity contribution in [1.82, 2.24) is 24.8 Å². The maximum atomic E-state index is 14.0. The normalized spacial score (nSPS) is 17.9. The number of thiazole rings is 1. The van der Waals surface area contributed by atoms with Gasteiger partial charge in [-0.2, -0.15) is 0 Å². The number of rotatable bonds is 8. The van der Waals surface area contributed by atoms with Crippen LogP contribution in [0.1, 0.15) is 64.1 Å². The van der Waals surface area contributed by atoms with Crippen LogP contribution >= 0.6 is 11.3 Å². The summed E-state index contributed by atoms with van der Waals surface area (Å²) in [5, 5.41) is 3.89. The third-order valence-corrected chi connectivity index (χ3v) is 7.07. The fourth-order valence-corrected chi connectivity index (χ4v) is 5.50. The number of ether oxygens (including phenoxy) is 2. The van der Waals surface area contributed by atoms with Crippen LogP contribution in [0.25, 0.3) is 10.3 Å². The lowest BCUT2D eigenvalue weighted by Gasteiger charge is -2.42. The Balaban J connectivity index is 1.55. The summed E-state index contributed by atoms with van der Waals surface area (Å²) in [6.45, 7) is 7.66. The molecule has 0 bridgehead atoms. The minimum Gasteiger partial charge on any atom is -0.466 e. The lowest BCUT2D eigenvalue weighted by molar-refractivity contribution is -0.145. The first-order valence-electron chi connectivity index (χ1n) is 12.7. The van der Waals surface area contributed by atoms with Crippen LogP contribution in [0.5, 0.6) is 0 Å². The van der Waals surface area contributed by atoms with E-state index in [1.54, 1.807) is 11.8 Å². The van der Waals surface area contributed by atoms with Crippen molar-refractivity contribution in [3.63, 3.8) is 0 Å². The third kappa shape index (κ3) is 6.91. The molecule has 4 rings (SSSR count). The van der Waals surface area contributed by atoms with E-state index in [-0.39, 0.29) is 43.3 Å². The molecule has 38 heavy (non-hydrogen) atoms. The molecule has 2 atom stereocenters. The predicted octanol–water partition coefficient (Wildman–Crippen LogP) is 4.89. The van der Waals surface area contributed by atoms with Gasteiger partial charge < -0.3 is 19.7 Å². The molecule has 10 nitrogen and oxygen atoms in total. The summed E-state index contributed by atoms with van der Waals surface area (Å²) >= 11 is 1.42. The standard InChI is InChI=1S/C26H33FN6O4S/c1-5-36-21(34)13-17-9-6-8-16(33(17)25(35)37-26(2,3)4)12-20-32-22-23(30-15-31-24(22)38-20)29-14-19-18(27)10-7-11-28-19/h7,10-11,15-17H,5-6,8-9,12-14H2,1-4H3,(H,29,30,31). The van der Waals surface area contributed by atoms with Crippen molar-refractivity contribution in [3.05, 3.63) is 41.2 Å². The number of anilines is 1. The van der Waals surface area contributed by atoms with Crippen LogP contribution in [-0.4, -0.2) is 61.2 Å². The number of nitrogens with one attached hydrogen (secondary N) is 1. The summed E-state index contributed by atoms with van der Waals surface area (Å²) in [5.74, 6) is -0.251. The number of likely N-dealkylation sites (tertiary alicyclic amines) is 1. The smallest absolute Gasteiger partial charge is 0.410 e. The van der Waals surface area contributed by atoms with Crippen molar-refractivity contribution < 1.29 is 23.5 Å². The lowest BCUT2D eigenvalue weighted by atomic mass is 9.92. The van der Waals surface area contributed by atoms with Crippen LogP contribution in [0.15, 0.2) is 24.7 Å². The molecule has 1 aliphatic heterocycles. The molecule has 0 spiro atoms. The monoisotopic (exact) mass is 544 g/mol. The van der Waals surface area contributed by atoms with Crippen LogP contribution in [0.2, 0.25) is 0 Å². The Kier molecular flexibility index (Phi) is 8.70. The Hall–Kier alpha value is -3.41. The molecule has 2 unspecified atom stereocenters. The van der Waals surface area contributed by atoms with E-state index in [9.17, 15) is 14.0 Å². The average Bonchev–Trinajstić information content (AvgIpc) is 3.26. The summed E-state index contributed by atoms with van der Waals surface area (Å²) in [7, 11) is 0. The Morgan fingerprint density at radius 2 is 2.00 bits per heavy atom. The number of carbonyl (C=O) groups excluding carboxylic acids is 2. The summed E-state index contributed by atoms with van der Waals surface area (Å²) in [5.41, 5.74) is 0.177. The van der Waals surface area contributed by atoms with E-state index in [0.717, 1.165) is 17.8 Å². The Labute approximate surface area is 225 Å². The van der Waals surface area contributed by atoms with Crippen LogP contribution in [0.3, 0.4) is 0 Å². The zero-order chi connectivity index (χ0) is 27.3. The van der Waals surface area contributed by atoms with Gasteiger partial charge in [-0.15, -0.1) is 0 Å². The van der Waals surface area contributed by atoms with Crippen LogP contribution in [0, 0.1) is 5.82 Å². The van der Waals surface area contributed by atoms with Crippen molar-refractivity contribution >= 4 is 39.6 Å².